The third-order valence-electron chi connectivity index (χ3n) is 1.53. The van der Waals surface area contributed by atoms with Crippen molar-refractivity contribution in [2.24, 2.45) is 5.11 Å². The second-order valence-corrected chi connectivity index (χ2v) is 2.20. The molecular weight excluding hydrogens is 170 g/mol. The standard InChI is InChI=1S/C8H9N3O2/c1-12-7-5-3-4-6(10-11-9)8(7)13-2/h3-5H,1-2H3. The molecule has 0 heterocycles. The largest absolute Gasteiger partial charge is 0.493 e. The first-order valence-electron chi connectivity index (χ1n) is 3.59. The summed E-state index contributed by atoms with van der Waals surface area (Å²) in [5.41, 5.74) is 8.69. The topological polar surface area (TPSA) is 67.2 Å². The number of azide groups is 1. The van der Waals surface area contributed by atoms with Gasteiger partial charge in [-0.25, -0.2) is 0 Å². The molecule has 0 bridgehead atoms. The monoisotopic (exact) mass is 179 g/mol. The van der Waals surface area contributed by atoms with E-state index in [0.717, 1.165) is 0 Å². The van der Waals surface area contributed by atoms with Gasteiger partial charge in [-0.1, -0.05) is 11.2 Å². The molecule has 1 rings (SSSR count). The average Bonchev–Trinajstić information content (AvgIpc) is 2.18. The molecule has 0 N–H and O–H groups in total. The second kappa shape index (κ2) is 4.23. The Kier molecular flexibility index (Phi) is 3.00. The molecule has 0 saturated heterocycles. The van der Waals surface area contributed by atoms with E-state index in [1.807, 2.05) is 0 Å². The van der Waals surface area contributed by atoms with E-state index in [0.29, 0.717) is 17.2 Å². The molecule has 1 aromatic rings. The molecule has 0 unspecified atom stereocenters. The summed E-state index contributed by atoms with van der Waals surface area (Å²) < 4.78 is 10.0. The predicted octanol–water partition coefficient (Wildman–Crippen LogP) is 2.65. The van der Waals surface area contributed by atoms with Crippen LogP contribution in [0.15, 0.2) is 23.3 Å². The molecular formula is C8H9N3O2. The Morgan fingerprint density at radius 3 is 2.62 bits per heavy atom. The van der Waals surface area contributed by atoms with E-state index in [-0.39, 0.29) is 0 Å². The van der Waals surface area contributed by atoms with Crippen molar-refractivity contribution in [2.75, 3.05) is 14.2 Å². The highest BCUT2D eigenvalue weighted by Gasteiger charge is 2.06. The lowest BCUT2D eigenvalue weighted by Crippen LogP contribution is -1.89. The van der Waals surface area contributed by atoms with Crippen molar-refractivity contribution in [1.82, 2.24) is 0 Å². The van der Waals surface area contributed by atoms with Crippen LogP contribution in [0.4, 0.5) is 5.69 Å². The van der Waals surface area contributed by atoms with Crippen LogP contribution in [0.1, 0.15) is 0 Å². The minimum absolute atomic E-state index is 0.421. The van der Waals surface area contributed by atoms with Crippen LogP contribution in [0.2, 0.25) is 0 Å². The van der Waals surface area contributed by atoms with Gasteiger partial charge in [0.15, 0.2) is 11.5 Å². The molecule has 0 aliphatic heterocycles. The quantitative estimate of drug-likeness (QED) is 0.406. The minimum Gasteiger partial charge on any atom is -0.493 e. The number of methoxy groups -OCH3 is 2. The van der Waals surface area contributed by atoms with Gasteiger partial charge in [-0.2, -0.15) is 0 Å². The Balaban J connectivity index is 3.26. The fourth-order valence-electron chi connectivity index (χ4n) is 0.997. The molecule has 68 valence electrons. The van der Waals surface area contributed by atoms with Crippen molar-refractivity contribution < 1.29 is 9.47 Å². The number of hydrogen-bond donors (Lipinski definition) is 0. The van der Waals surface area contributed by atoms with Crippen molar-refractivity contribution in [1.29, 1.82) is 0 Å². The molecule has 1 aromatic carbocycles. The van der Waals surface area contributed by atoms with Crippen molar-refractivity contribution in [3.63, 3.8) is 0 Å². The van der Waals surface area contributed by atoms with Crippen LogP contribution >= 0.6 is 0 Å². The molecule has 0 aliphatic rings. The molecule has 0 aromatic heterocycles. The minimum atomic E-state index is 0.421. The van der Waals surface area contributed by atoms with Gasteiger partial charge in [-0.15, -0.1) is 0 Å². The zero-order valence-corrected chi connectivity index (χ0v) is 7.39. The van der Waals surface area contributed by atoms with Gasteiger partial charge in [0.05, 0.1) is 19.9 Å². The van der Waals surface area contributed by atoms with Gasteiger partial charge in [0.1, 0.15) is 0 Å². The Morgan fingerprint density at radius 2 is 2.08 bits per heavy atom. The Bertz CT molecular complexity index is 345. The van der Waals surface area contributed by atoms with Crippen LogP contribution in [0.5, 0.6) is 11.5 Å². The molecule has 0 spiro atoms. The van der Waals surface area contributed by atoms with Gasteiger partial charge in [-0.3, -0.25) is 0 Å². The fourth-order valence-corrected chi connectivity index (χ4v) is 0.997. The lowest BCUT2D eigenvalue weighted by molar-refractivity contribution is 0.356. The van der Waals surface area contributed by atoms with E-state index >= 15 is 0 Å². The number of nitrogens with zero attached hydrogens (tertiary/aromatic N) is 3. The number of para-hydroxylation sites is 1. The van der Waals surface area contributed by atoms with Crippen LogP contribution < -0.4 is 9.47 Å². The van der Waals surface area contributed by atoms with E-state index in [2.05, 4.69) is 10.0 Å². The number of hydrogen-bond acceptors (Lipinski definition) is 3. The third-order valence-corrected chi connectivity index (χ3v) is 1.53. The molecule has 0 fully saturated rings. The first-order valence-corrected chi connectivity index (χ1v) is 3.59. The van der Waals surface area contributed by atoms with Crippen LogP contribution in [-0.2, 0) is 0 Å². The molecule has 0 amide bonds. The van der Waals surface area contributed by atoms with Crippen LogP contribution in [-0.4, -0.2) is 14.2 Å². The van der Waals surface area contributed by atoms with Crippen LogP contribution in [0.3, 0.4) is 0 Å². The molecule has 13 heavy (non-hydrogen) atoms. The van der Waals surface area contributed by atoms with Crippen LogP contribution in [0, 0.1) is 0 Å². The van der Waals surface area contributed by atoms with Gasteiger partial charge < -0.3 is 9.47 Å². The average molecular weight is 179 g/mol. The Morgan fingerprint density at radius 1 is 1.31 bits per heavy atom. The lowest BCUT2D eigenvalue weighted by Gasteiger charge is -2.08. The maximum Gasteiger partial charge on any atom is 0.170 e. The molecule has 0 saturated carbocycles. The summed E-state index contributed by atoms with van der Waals surface area (Å²) in [7, 11) is 3.02. The molecule has 5 heteroatoms. The maximum absolute atomic E-state index is 8.27. The van der Waals surface area contributed by atoms with E-state index in [1.54, 1.807) is 18.2 Å². The normalized spacial score (nSPS) is 8.77. The van der Waals surface area contributed by atoms with Gasteiger partial charge in [0.25, 0.3) is 0 Å². The lowest BCUT2D eigenvalue weighted by atomic mass is 10.3. The first-order chi connectivity index (χ1) is 6.33. The van der Waals surface area contributed by atoms with Gasteiger partial charge >= 0.3 is 0 Å². The molecule has 5 nitrogen and oxygen atoms in total. The number of rotatable bonds is 3. The summed E-state index contributed by atoms with van der Waals surface area (Å²) in [5.74, 6) is 0.996. The van der Waals surface area contributed by atoms with E-state index in [4.69, 9.17) is 15.0 Å². The van der Waals surface area contributed by atoms with Crippen LogP contribution in [0.25, 0.3) is 10.4 Å². The van der Waals surface area contributed by atoms with Crippen molar-refractivity contribution >= 4 is 5.69 Å². The summed E-state index contributed by atoms with van der Waals surface area (Å²) in [6, 6.07) is 5.11. The van der Waals surface area contributed by atoms with Crippen molar-refractivity contribution in [3.05, 3.63) is 28.6 Å². The van der Waals surface area contributed by atoms with E-state index < -0.39 is 0 Å². The van der Waals surface area contributed by atoms with Crippen molar-refractivity contribution in [2.45, 2.75) is 0 Å². The Hall–Kier alpha value is -1.87. The highest BCUT2D eigenvalue weighted by Crippen LogP contribution is 2.36. The van der Waals surface area contributed by atoms with Gasteiger partial charge in [0.2, 0.25) is 0 Å². The first kappa shape index (κ1) is 9.22. The second-order valence-electron chi connectivity index (χ2n) is 2.20. The summed E-state index contributed by atoms with van der Waals surface area (Å²) in [6.07, 6.45) is 0. The van der Waals surface area contributed by atoms with Crippen molar-refractivity contribution in [3.8, 4) is 11.5 Å². The smallest absolute Gasteiger partial charge is 0.170 e. The third kappa shape index (κ3) is 1.83. The predicted molar refractivity (Wildman–Crippen MR) is 48.4 cm³/mol. The molecule has 0 radical (unpaired) electrons. The highest BCUT2D eigenvalue weighted by molar-refractivity contribution is 5.59. The van der Waals surface area contributed by atoms with E-state index in [9.17, 15) is 0 Å². The summed E-state index contributed by atoms with van der Waals surface area (Å²) in [6.45, 7) is 0. The zero-order chi connectivity index (χ0) is 9.68. The van der Waals surface area contributed by atoms with Gasteiger partial charge in [0, 0.05) is 4.91 Å². The maximum atomic E-state index is 8.27. The zero-order valence-electron chi connectivity index (χ0n) is 7.39. The molecule has 0 atom stereocenters. The Labute approximate surface area is 75.5 Å². The molecule has 0 aliphatic carbocycles. The summed E-state index contributed by atoms with van der Waals surface area (Å²) in [5, 5.41) is 3.46. The fraction of sp³-hybridized carbons (Fsp3) is 0.250. The van der Waals surface area contributed by atoms with Gasteiger partial charge in [-0.05, 0) is 17.7 Å². The SMILES string of the molecule is COc1cccc(N=[N+]=[N-])c1OC. The summed E-state index contributed by atoms with van der Waals surface area (Å²) in [4.78, 5) is 2.68. The number of benzene rings is 1. The number of ether oxygens (including phenoxy) is 2. The van der Waals surface area contributed by atoms with E-state index in [1.165, 1.54) is 14.2 Å². The summed E-state index contributed by atoms with van der Waals surface area (Å²) >= 11 is 0. The highest BCUT2D eigenvalue weighted by atomic mass is 16.5.